The molecule has 0 bridgehead atoms. The third kappa shape index (κ3) is 3.75. The van der Waals surface area contributed by atoms with Crippen LogP contribution in [0.25, 0.3) is 0 Å². The molecule has 4 nitrogen and oxygen atoms in total. The van der Waals surface area contributed by atoms with Crippen LogP contribution in [-0.2, 0) is 9.59 Å². The number of carboxylic acid groups (broad SMARTS) is 1. The SMILES string of the molecule is O=C(O)C1CN(C(=O)CC2CC(c3ccccc3)C2)CC1c1ccccc1. The van der Waals surface area contributed by atoms with Gasteiger partial charge < -0.3 is 10.0 Å². The minimum absolute atomic E-state index is 0.108. The van der Waals surface area contributed by atoms with Crippen molar-refractivity contribution in [2.24, 2.45) is 11.8 Å². The second kappa shape index (κ2) is 7.55. The topological polar surface area (TPSA) is 57.6 Å². The van der Waals surface area contributed by atoms with Crippen molar-refractivity contribution >= 4 is 11.9 Å². The summed E-state index contributed by atoms with van der Waals surface area (Å²) in [7, 11) is 0. The zero-order valence-corrected chi connectivity index (χ0v) is 15.3. The zero-order chi connectivity index (χ0) is 18.8. The summed E-state index contributed by atoms with van der Waals surface area (Å²) in [6.45, 7) is 0.831. The Morgan fingerprint density at radius 3 is 2.07 bits per heavy atom. The Morgan fingerprint density at radius 1 is 0.889 bits per heavy atom. The number of hydrogen-bond donors (Lipinski definition) is 1. The maximum absolute atomic E-state index is 12.8. The van der Waals surface area contributed by atoms with E-state index in [9.17, 15) is 14.7 Å². The van der Waals surface area contributed by atoms with Gasteiger partial charge in [0.25, 0.3) is 0 Å². The smallest absolute Gasteiger partial charge is 0.308 e. The minimum atomic E-state index is -0.813. The van der Waals surface area contributed by atoms with Crippen LogP contribution in [-0.4, -0.2) is 35.0 Å². The Labute approximate surface area is 159 Å². The number of benzene rings is 2. The molecular formula is C23H25NO3. The van der Waals surface area contributed by atoms with Gasteiger partial charge in [0.15, 0.2) is 0 Å². The summed E-state index contributed by atoms with van der Waals surface area (Å²) in [4.78, 5) is 26.2. The largest absolute Gasteiger partial charge is 0.481 e. The maximum atomic E-state index is 12.8. The fourth-order valence-corrected chi connectivity index (χ4v) is 4.57. The summed E-state index contributed by atoms with van der Waals surface area (Å²) >= 11 is 0. The normalized spacial score (nSPS) is 27.2. The molecule has 0 radical (unpaired) electrons. The van der Waals surface area contributed by atoms with E-state index in [0.717, 1.165) is 18.4 Å². The van der Waals surface area contributed by atoms with Crippen LogP contribution in [0.3, 0.4) is 0 Å². The van der Waals surface area contributed by atoms with Crippen molar-refractivity contribution in [1.29, 1.82) is 0 Å². The molecule has 4 rings (SSSR count). The number of carbonyl (C=O) groups excluding carboxylic acids is 1. The molecule has 1 saturated heterocycles. The Kier molecular flexibility index (Phi) is 4.97. The van der Waals surface area contributed by atoms with Gasteiger partial charge >= 0.3 is 5.97 Å². The Morgan fingerprint density at radius 2 is 1.48 bits per heavy atom. The summed E-state index contributed by atoms with van der Waals surface area (Å²) in [5.74, 6) is -0.364. The standard InChI is InChI=1S/C23H25NO3/c25-22(13-16-11-19(12-16)17-7-3-1-4-8-17)24-14-20(21(15-24)23(26)27)18-9-5-2-6-10-18/h1-10,16,19-21H,11-15H2,(H,26,27). The van der Waals surface area contributed by atoms with Crippen molar-refractivity contribution in [3.8, 4) is 0 Å². The molecule has 0 aromatic heterocycles. The van der Waals surface area contributed by atoms with Crippen LogP contribution < -0.4 is 0 Å². The fourth-order valence-electron chi connectivity index (χ4n) is 4.57. The summed E-state index contributed by atoms with van der Waals surface area (Å²) in [6.07, 6.45) is 2.64. The lowest BCUT2D eigenvalue weighted by molar-refractivity contribution is -0.142. The Balaban J connectivity index is 1.35. The molecule has 2 aliphatic rings. The highest BCUT2D eigenvalue weighted by Crippen LogP contribution is 2.44. The molecule has 2 unspecified atom stereocenters. The lowest BCUT2D eigenvalue weighted by Crippen LogP contribution is -2.34. The molecule has 2 aromatic carbocycles. The monoisotopic (exact) mass is 363 g/mol. The van der Waals surface area contributed by atoms with E-state index in [2.05, 4.69) is 24.3 Å². The van der Waals surface area contributed by atoms with Crippen LogP contribution in [0.4, 0.5) is 0 Å². The lowest BCUT2D eigenvalue weighted by atomic mass is 9.70. The number of likely N-dealkylation sites (tertiary alicyclic amines) is 1. The van der Waals surface area contributed by atoms with Gasteiger partial charge in [-0.25, -0.2) is 0 Å². The molecule has 140 valence electrons. The summed E-state index contributed by atoms with van der Waals surface area (Å²) in [6, 6.07) is 20.2. The first-order valence-electron chi connectivity index (χ1n) is 9.72. The summed E-state index contributed by atoms with van der Waals surface area (Å²) < 4.78 is 0. The highest BCUT2D eigenvalue weighted by Gasteiger charge is 2.41. The number of nitrogens with zero attached hydrogens (tertiary/aromatic N) is 1. The lowest BCUT2D eigenvalue weighted by Gasteiger charge is -2.36. The second-order valence-electron chi connectivity index (χ2n) is 7.91. The van der Waals surface area contributed by atoms with Gasteiger partial charge in [0.2, 0.25) is 5.91 Å². The van der Waals surface area contributed by atoms with Gasteiger partial charge in [0, 0.05) is 25.4 Å². The molecule has 1 saturated carbocycles. The quantitative estimate of drug-likeness (QED) is 0.877. The Bertz CT molecular complexity index is 799. The van der Waals surface area contributed by atoms with Crippen LogP contribution in [0, 0.1) is 11.8 Å². The van der Waals surface area contributed by atoms with Crippen LogP contribution in [0.1, 0.15) is 42.2 Å². The first-order chi connectivity index (χ1) is 13.1. The summed E-state index contributed by atoms with van der Waals surface area (Å²) in [5.41, 5.74) is 2.37. The zero-order valence-electron chi connectivity index (χ0n) is 15.3. The molecule has 2 fully saturated rings. The molecule has 0 spiro atoms. The summed E-state index contributed by atoms with van der Waals surface area (Å²) in [5, 5.41) is 9.61. The van der Waals surface area contributed by atoms with Crippen molar-refractivity contribution in [2.45, 2.75) is 31.1 Å². The molecule has 27 heavy (non-hydrogen) atoms. The molecule has 4 heteroatoms. The van der Waals surface area contributed by atoms with Crippen LogP contribution in [0.5, 0.6) is 0 Å². The highest BCUT2D eigenvalue weighted by molar-refractivity contribution is 5.80. The van der Waals surface area contributed by atoms with Crippen molar-refractivity contribution in [1.82, 2.24) is 4.90 Å². The maximum Gasteiger partial charge on any atom is 0.308 e. The van der Waals surface area contributed by atoms with Gasteiger partial charge in [-0.3, -0.25) is 9.59 Å². The van der Waals surface area contributed by atoms with E-state index in [1.807, 2.05) is 36.4 Å². The third-order valence-electron chi connectivity index (χ3n) is 6.19. The second-order valence-corrected chi connectivity index (χ2v) is 7.91. The van der Waals surface area contributed by atoms with E-state index in [1.165, 1.54) is 5.56 Å². The minimum Gasteiger partial charge on any atom is -0.481 e. The first kappa shape index (κ1) is 17.8. The molecule has 1 heterocycles. The van der Waals surface area contributed by atoms with Crippen LogP contribution in [0.2, 0.25) is 0 Å². The molecule has 1 amide bonds. The van der Waals surface area contributed by atoms with Gasteiger partial charge in [0.05, 0.1) is 5.92 Å². The van der Waals surface area contributed by atoms with Crippen molar-refractivity contribution < 1.29 is 14.7 Å². The van der Waals surface area contributed by atoms with Crippen molar-refractivity contribution in [2.75, 3.05) is 13.1 Å². The third-order valence-corrected chi connectivity index (χ3v) is 6.19. The van der Waals surface area contributed by atoms with E-state index in [-0.39, 0.29) is 11.8 Å². The van der Waals surface area contributed by atoms with Gasteiger partial charge in [-0.1, -0.05) is 60.7 Å². The molecule has 1 aliphatic carbocycles. The number of hydrogen-bond acceptors (Lipinski definition) is 2. The molecule has 2 atom stereocenters. The average molecular weight is 363 g/mol. The average Bonchev–Trinajstić information content (AvgIpc) is 3.11. The van der Waals surface area contributed by atoms with E-state index in [4.69, 9.17) is 0 Å². The molecule has 1 N–H and O–H groups in total. The molecular weight excluding hydrogens is 338 g/mol. The number of carboxylic acids is 1. The predicted molar refractivity (Wildman–Crippen MR) is 103 cm³/mol. The van der Waals surface area contributed by atoms with Crippen LogP contribution in [0.15, 0.2) is 60.7 Å². The highest BCUT2D eigenvalue weighted by atomic mass is 16.4. The van der Waals surface area contributed by atoms with Gasteiger partial charge in [-0.15, -0.1) is 0 Å². The van der Waals surface area contributed by atoms with Gasteiger partial charge in [-0.2, -0.15) is 0 Å². The number of rotatable bonds is 5. The van der Waals surface area contributed by atoms with Gasteiger partial charge in [0.1, 0.15) is 0 Å². The Hall–Kier alpha value is -2.62. The van der Waals surface area contributed by atoms with Crippen LogP contribution >= 0.6 is 0 Å². The molecule has 1 aliphatic heterocycles. The van der Waals surface area contributed by atoms with Crippen molar-refractivity contribution in [3.05, 3.63) is 71.8 Å². The predicted octanol–water partition coefficient (Wildman–Crippen LogP) is 3.90. The first-order valence-corrected chi connectivity index (χ1v) is 9.72. The van der Waals surface area contributed by atoms with Crippen molar-refractivity contribution in [3.63, 3.8) is 0 Å². The number of amides is 1. The number of aliphatic carboxylic acids is 1. The fraction of sp³-hybridized carbons (Fsp3) is 0.391. The van der Waals surface area contributed by atoms with E-state index < -0.39 is 11.9 Å². The molecule has 2 aromatic rings. The van der Waals surface area contributed by atoms with E-state index in [0.29, 0.717) is 31.3 Å². The number of carbonyl (C=O) groups is 2. The van der Waals surface area contributed by atoms with Gasteiger partial charge in [-0.05, 0) is 35.8 Å². The van der Waals surface area contributed by atoms with E-state index >= 15 is 0 Å². The van der Waals surface area contributed by atoms with E-state index in [1.54, 1.807) is 4.90 Å².